The number of carbonyl (C=O) groups excluding carboxylic acids is 2. The summed E-state index contributed by atoms with van der Waals surface area (Å²) in [5.74, 6) is -1.27. The van der Waals surface area contributed by atoms with E-state index < -0.39 is 59.8 Å². The summed E-state index contributed by atoms with van der Waals surface area (Å²) >= 11 is 13.1. The maximum atomic E-state index is 13.4. The van der Waals surface area contributed by atoms with Crippen LogP contribution in [0.2, 0.25) is 10.0 Å². The van der Waals surface area contributed by atoms with E-state index in [1.165, 1.54) is 23.0 Å². The van der Waals surface area contributed by atoms with Crippen LogP contribution in [0.1, 0.15) is 29.0 Å². The van der Waals surface area contributed by atoms with Gasteiger partial charge in [0.15, 0.2) is 5.69 Å². The van der Waals surface area contributed by atoms with E-state index in [1.54, 1.807) is 6.07 Å². The predicted octanol–water partition coefficient (Wildman–Crippen LogP) is 6.43. The molecule has 2 heterocycles. The van der Waals surface area contributed by atoms with Crippen molar-refractivity contribution in [3.05, 3.63) is 50.0 Å². The third kappa shape index (κ3) is 5.17. The van der Waals surface area contributed by atoms with Crippen LogP contribution in [0.15, 0.2) is 28.7 Å². The van der Waals surface area contributed by atoms with Gasteiger partial charge in [-0.25, -0.2) is 9.48 Å². The zero-order valence-electron chi connectivity index (χ0n) is 18.0. The van der Waals surface area contributed by atoms with Gasteiger partial charge in [0, 0.05) is 11.8 Å². The van der Waals surface area contributed by atoms with Crippen LogP contribution in [0, 0.1) is 11.3 Å². The molecular formula is C19H13Cl2F5N6O3S2. The van der Waals surface area contributed by atoms with Crippen LogP contribution in [0.25, 0.3) is 5.69 Å². The Bertz CT molecular complexity index is 1460. The van der Waals surface area contributed by atoms with Gasteiger partial charge in [-0.1, -0.05) is 42.6 Å². The van der Waals surface area contributed by atoms with Crippen molar-refractivity contribution in [1.29, 1.82) is 5.26 Å². The molecule has 0 spiro atoms. The van der Waals surface area contributed by atoms with E-state index in [-0.39, 0.29) is 37.1 Å². The molecule has 18 heteroatoms. The second kappa shape index (κ2) is 8.18. The van der Waals surface area contributed by atoms with Crippen LogP contribution in [0.3, 0.4) is 0 Å². The van der Waals surface area contributed by atoms with Crippen molar-refractivity contribution < 1.29 is 33.8 Å². The minimum atomic E-state index is -10.2. The van der Waals surface area contributed by atoms with Crippen LogP contribution >= 0.6 is 44.8 Å². The first-order valence-electron chi connectivity index (χ1n) is 9.85. The Labute approximate surface area is 218 Å². The van der Waals surface area contributed by atoms with Crippen LogP contribution in [0.5, 0.6) is 0 Å². The van der Waals surface area contributed by atoms with Crippen LogP contribution in [0.4, 0.5) is 30.0 Å². The summed E-state index contributed by atoms with van der Waals surface area (Å²) in [7, 11) is -10.2. The summed E-state index contributed by atoms with van der Waals surface area (Å²) in [5.41, 5.74) is 4.42. The second-order valence-corrected chi connectivity index (χ2v) is 12.1. The Kier molecular flexibility index (Phi) is 5.95. The molecule has 1 aliphatic rings. The van der Waals surface area contributed by atoms with E-state index in [1.807, 2.05) is 0 Å². The highest BCUT2D eigenvalue weighted by Crippen LogP contribution is 3.02. The molecule has 0 saturated heterocycles. The molecule has 2 amide bonds. The molecule has 3 aromatic rings. The van der Waals surface area contributed by atoms with E-state index in [0.717, 1.165) is 0 Å². The number of benzene rings is 1. The number of nitrogens with zero attached hydrogens (tertiary/aromatic N) is 4. The van der Waals surface area contributed by atoms with Gasteiger partial charge in [-0.3, -0.25) is 15.1 Å². The van der Waals surface area contributed by atoms with E-state index in [9.17, 15) is 34.3 Å². The number of anilines is 1. The van der Waals surface area contributed by atoms with Gasteiger partial charge >= 0.3 is 16.3 Å². The van der Waals surface area contributed by atoms with Gasteiger partial charge in [-0.05, 0) is 25.0 Å². The molecule has 4 rings (SSSR count). The normalized spacial score (nSPS) is 16.3. The number of thiazole rings is 1. The highest BCUT2D eigenvalue weighted by atomic mass is 35.5. The zero-order valence-corrected chi connectivity index (χ0v) is 21.1. The van der Waals surface area contributed by atoms with Crippen LogP contribution in [-0.4, -0.2) is 26.8 Å². The van der Waals surface area contributed by atoms with Crippen molar-refractivity contribution in [3.8, 4) is 11.8 Å². The number of rotatable bonds is 7. The fraction of sp³-hybridized carbons (Fsp3) is 0.211. The van der Waals surface area contributed by atoms with E-state index >= 15 is 0 Å². The van der Waals surface area contributed by atoms with Gasteiger partial charge in [0.1, 0.15) is 29.1 Å². The summed E-state index contributed by atoms with van der Waals surface area (Å²) in [6, 6.07) is 1.62. The first-order chi connectivity index (χ1) is 17.0. The monoisotopic (exact) mass is 602 g/mol. The molecule has 0 atom stereocenters. The molecule has 9 nitrogen and oxygen atoms in total. The average Bonchev–Trinajstić information content (AvgIpc) is 3.25. The summed E-state index contributed by atoms with van der Waals surface area (Å²) in [6.07, 6.45) is 0.653. The Hall–Kier alpha value is -3.13. The minimum absolute atomic E-state index is 0.0510. The van der Waals surface area contributed by atoms with Gasteiger partial charge < -0.3 is 10.5 Å². The SMILES string of the molecule is N#Cc1nn(-c2c(Cl)cc(S(F)(F)(F)(F)F)cc2Cl)c(NC(=O)OCc2cncs2)c1C1(C(N)=O)CC1. The molecule has 3 N–H and O–H groups in total. The van der Waals surface area contributed by atoms with Crippen molar-refractivity contribution in [2.45, 2.75) is 29.8 Å². The van der Waals surface area contributed by atoms with Crippen molar-refractivity contribution in [3.63, 3.8) is 0 Å². The minimum Gasteiger partial charge on any atom is -0.443 e. The maximum absolute atomic E-state index is 13.4. The van der Waals surface area contributed by atoms with Gasteiger partial charge in [-0.2, -0.15) is 10.4 Å². The number of ether oxygens (including phenoxy) is 1. The summed E-state index contributed by atoms with van der Waals surface area (Å²) < 4.78 is 72.6. The molecule has 0 radical (unpaired) electrons. The Morgan fingerprint density at radius 3 is 2.32 bits per heavy atom. The predicted molar refractivity (Wildman–Crippen MR) is 126 cm³/mol. The van der Waals surface area contributed by atoms with Gasteiger partial charge in [0.25, 0.3) is 0 Å². The Morgan fingerprint density at radius 1 is 1.24 bits per heavy atom. The second-order valence-electron chi connectivity index (χ2n) is 7.92. The third-order valence-electron chi connectivity index (χ3n) is 5.39. The molecule has 2 aromatic heterocycles. The number of halogens is 7. The van der Waals surface area contributed by atoms with Gasteiger partial charge in [0.2, 0.25) is 5.91 Å². The average molecular weight is 603 g/mol. The van der Waals surface area contributed by atoms with Crippen molar-refractivity contribution in [1.82, 2.24) is 14.8 Å². The smallest absolute Gasteiger partial charge is 0.413 e. The number of hydrogen-bond acceptors (Lipinski definition) is 7. The summed E-state index contributed by atoms with van der Waals surface area (Å²) in [4.78, 5) is 26.9. The molecule has 0 unspecified atom stereocenters. The van der Waals surface area contributed by atoms with Crippen molar-refractivity contribution in [2.75, 3.05) is 5.32 Å². The molecule has 1 fully saturated rings. The number of aromatic nitrogens is 3. The molecule has 37 heavy (non-hydrogen) atoms. The molecule has 0 aliphatic heterocycles. The molecular weight excluding hydrogens is 590 g/mol. The lowest BCUT2D eigenvalue weighted by atomic mass is 9.94. The molecule has 1 saturated carbocycles. The standard InChI is InChI=1S/C19H13Cl2F5N6O3S2/c20-11-3-10(37(22,23,24,25)26)4-12(21)15(11)32-16(30-18(34)35-7-9-6-29-8-36-9)14(13(5-27)31-32)19(1-2-19)17(28)33/h3-4,6,8H,1-2,7H2,(H2,28,33)(H,30,34). The summed E-state index contributed by atoms with van der Waals surface area (Å²) in [6.45, 7) is -0.216. The summed E-state index contributed by atoms with van der Waals surface area (Å²) in [5, 5.41) is 14.0. The lowest BCUT2D eigenvalue weighted by Crippen LogP contribution is -2.30. The largest absolute Gasteiger partial charge is 0.443 e. The van der Waals surface area contributed by atoms with E-state index in [0.29, 0.717) is 9.56 Å². The van der Waals surface area contributed by atoms with E-state index in [4.69, 9.17) is 33.7 Å². The fourth-order valence-corrected chi connectivity index (χ4v) is 5.49. The first kappa shape index (κ1) is 26.9. The Morgan fingerprint density at radius 2 is 1.86 bits per heavy atom. The number of amides is 2. The van der Waals surface area contributed by atoms with Crippen molar-refractivity contribution in [2.24, 2.45) is 5.73 Å². The van der Waals surface area contributed by atoms with E-state index in [2.05, 4.69) is 15.4 Å². The number of hydrogen-bond donors (Lipinski definition) is 2. The molecule has 0 bridgehead atoms. The first-order valence-corrected chi connectivity index (χ1v) is 13.4. The number of carbonyl (C=O) groups is 2. The number of primary amides is 1. The third-order valence-corrected chi connectivity index (χ3v) is 7.84. The lowest BCUT2D eigenvalue weighted by Gasteiger charge is -2.40. The van der Waals surface area contributed by atoms with Crippen LogP contribution < -0.4 is 11.1 Å². The number of nitrogens with two attached hydrogens (primary N) is 1. The fourth-order valence-electron chi connectivity index (χ4n) is 3.52. The lowest BCUT2D eigenvalue weighted by molar-refractivity contribution is -0.120. The molecule has 198 valence electrons. The highest BCUT2D eigenvalue weighted by molar-refractivity contribution is 8.45. The molecule has 1 aromatic carbocycles. The number of nitriles is 1. The molecule has 1 aliphatic carbocycles. The van der Waals surface area contributed by atoms with Crippen molar-refractivity contribution >= 4 is 62.6 Å². The van der Waals surface area contributed by atoms with Crippen LogP contribution in [-0.2, 0) is 21.6 Å². The highest BCUT2D eigenvalue weighted by Gasteiger charge is 2.65. The van der Waals surface area contributed by atoms with Gasteiger partial charge in [0.05, 0.1) is 25.8 Å². The van der Waals surface area contributed by atoms with Gasteiger partial charge in [-0.15, -0.1) is 11.3 Å². The maximum Gasteiger partial charge on any atom is 0.413 e. The topological polar surface area (TPSA) is 136 Å². The quantitative estimate of drug-likeness (QED) is 0.299. The zero-order chi connectivity index (χ0) is 27.5. The Balaban J connectivity index is 1.87. The number of nitrogens with one attached hydrogen (secondary N) is 1.